The molecule has 2 fully saturated rings. The Labute approximate surface area is 154 Å². The average molecular weight is 365 g/mol. The highest BCUT2D eigenvalue weighted by atomic mass is 32.2. The molecule has 2 saturated heterocycles. The van der Waals surface area contributed by atoms with E-state index in [4.69, 9.17) is 9.47 Å². The predicted molar refractivity (Wildman–Crippen MR) is 101 cm³/mol. The molecule has 138 valence electrons. The third-order valence-electron chi connectivity index (χ3n) is 4.85. The zero-order chi connectivity index (χ0) is 17.5. The van der Waals surface area contributed by atoms with Gasteiger partial charge in [-0.3, -0.25) is 9.69 Å². The van der Waals surface area contributed by atoms with Crippen molar-refractivity contribution in [1.82, 2.24) is 9.80 Å². The van der Waals surface area contributed by atoms with Crippen molar-refractivity contribution in [2.45, 2.75) is 18.9 Å². The summed E-state index contributed by atoms with van der Waals surface area (Å²) in [5, 5.41) is 0. The molecule has 1 amide bonds. The number of carbonyl (C=O) groups is 1. The summed E-state index contributed by atoms with van der Waals surface area (Å²) in [4.78, 5) is 17.5. The minimum Gasteiger partial charge on any atom is -0.497 e. The molecule has 0 aromatic heterocycles. The number of amides is 1. The fourth-order valence-electron chi connectivity index (χ4n) is 3.41. The lowest BCUT2D eigenvalue weighted by molar-refractivity contribution is -0.132. The fourth-order valence-corrected chi connectivity index (χ4v) is 4.47. The van der Waals surface area contributed by atoms with Crippen LogP contribution in [0.2, 0.25) is 0 Å². The SMILES string of the molecule is COc1ccc(CC(=O)N2CCCSCC2CN2CCOCC2)cc1. The standard InChI is InChI=1S/C19H28N2O3S/c1-23-18-5-3-16(4-6-18)13-19(22)21-7-2-12-25-15-17(21)14-20-8-10-24-11-9-20/h3-6,17H,2,7-15H2,1H3. The van der Waals surface area contributed by atoms with Crippen molar-refractivity contribution in [3.8, 4) is 5.75 Å². The summed E-state index contributed by atoms with van der Waals surface area (Å²) in [6.07, 6.45) is 1.55. The number of benzene rings is 1. The maximum absolute atomic E-state index is 13.0. The summed E-state index contributed by atoms with van der Waals surface area (Å²) in [6, 6.07) is 8.12. The molecule has 0 spiro atoms. The zero-order valence-electron chi connectivity index (χ0n) is 15.0. The number of nitrogens with zero attached hydrogens (tertiary/aromatic N) is 2. The van der Waals surface area contributed by atoms with Gasteiger partial charge in [0.1, 0.15) is 5.75 Å². The number of thioether (sulfide) groups is 1. The largest absolute Gasteiger partial charge is 0.497 e. The van der Waals surface area contributed by atoms with Crippen LogP contribution in [0.5, 0.6) is 5.75 Å². The Kier molecular flexibility index (Phi) is 7.02. The molecule has 2 aliphatic heterocycles. The molecule has 0 radical (unpaired) electrons. The Morgan fingerprint density at radius 1 is 1.24 bits per heavy atom. The van der Waals surface area contributed by atoms with Crippen LogP contribution in [0.15, 0.2) is 24.3 Å². The Morgan fingerprint density at radius 3 is 2.72 bits per heavy atom. The van der Waals surface area contributed by atoms with Gasteiger partial charge in [-0.05, 0) is 29.9 Å². The van der Waals surface area contributed by atoms with Crippen molar-refractivity contribution in [3.63, 3.8) is 0 Å². The second-order valence-corrected chi connectivity index (χ2v) is 7.76. The molecule has 0 aliphatic carbocycles. The van der Waals surface area contributed by atoms with Gasteiger partial charge in [0, 0.05) is 31.9 Å². The van der Waals surface area contributed by atoms with Crippen LogP contribution in [0.1, 0.15) is 12.0 Å². The van der Waals surface area contributed by atoms with E-state index in [0.29, 0.717) is 12.5 Å². The van der Waals surface area contributed by atoms with Crippen LogP contribution in [-0.2, 0) is 16.0 Å². The first kappa shape index (κ1) is 18.5. The molecular formula is C19H28N2O3S. The minimum atomic E-state index is 0.242. The molecule has 2 aliphatic rings. The van der Waals surface area contributed by atoms with Crippen LogP contribution in [0, 0.1) is 0 Å². The van der Waals surface area contributed by atoms with Crippen LogP contribution in [0.3, 0.4) is 0 Å². The molecule has 1 aromatic rings. The van der Waals surface area contributed by atoms with Gasteiger partial charge in [0.05, 0.1) is 32.8 Å². The second-order valence-electron chi connectivity index (χ2n) is 6.61. The summed E-state index contributed by atoms with van der Waals surface area (Å²) >= 11 is 1.98. The predicted octanol–water partition coefficient (Wildman–Crippen LogP) is 1.90. The fraction of sp³-hybridized carbons (Fsp3) is 0.632. The maximum atomic E-state index is 13.0. The molecule has 1 aromatic carbocycles. The molecule has 6 heteroatoms. The molecule has 25 heavy (non-hydrogen) atoms. The van der Waals surface area contributed by atoms with Gasteiger partial charge in [0.2, 0.25) is 5.91 Å². The number of rotatable bonds is 5. The molecule has 0 saturated carbocycles. The van der Waals surface area contributed by atoms with Gasteiger partial charge in [-0.1, -0.05) is 12.1 Å². The van der Waals surface area contributed by atoms with Gasteiger partial charge in [-0.25, -0.2) is 0 Å². The number of carbonyl (C=O) groups excluding carboxylic acids is 1. The van der Waals surface area contributed by atoms with Crippen molar-refractivity contribution in [2.24, 2.45) is 0 Å². The van der Waals surface area contributed by atoms with E-state index in [1.54, 1.807) is 7.11 Å². The molecule has 1 atom stereocenters. The molecule has 3 rings (SSSR count). The molecule has 5 nitrogen and oxygen atoms in total. The van der Waals surface area contributed by atoms with Gasteiger partial charge in [-0.15, -0.1) is 0 Å². The van der Waals surface area contributed by atoms with E-state index < -0.39 is 0 Å². The van der Waals surface area contributed by atoms with Crippen molar-refractivity contribution in [2.75, 3.05) is 58.0 Å². The van der Waals surface area contributed by atoms with Crippen molar-refractivity contribution in [3.05, 3.63) is 29.8 Å². The van der Waals surface area contributed by atoms with E-state index in [0.717, 1.165) is 68.6 Å². The number of hydrogen-bond acceptors (Lipinski definition) is 5. The number of methoxy groups -OCH3 is 1. The first-order valence-corrected chi connectivity index (χ1v) is 10.2. The van der Waals surface area contributed by atoms with E-state index >= 15 is 0 Å². The average Bonchev–Trinajstić information content (AvgIpc) is 2.89. The van der Waals surface area contributed by atoms with Gasteiger partial charge in [0.25, 0.3) is 0 Å². The number of hydrogen-bond donors (Lipinski definition) is 0. The topological polar surface area (TPSA) is 42.0 Å². The lowest BCUT2D eigenvalue weighted by Gasteiger charge is -2.35. The Hall–Kier alpha value is -1.24. The molecule has 2 heterocycles. The number of ether oxygens (including phenoxy) is 2. The van der Waals surface area contributed by atoms with Crippen LogP contribution in [0.25, 0.3) is 0 Å². The highest BCUT2D eigenvalue weighted by molar-refractivity contribution is 7.99. The summed E-state index contributed by atoms with van der Waals surface area (Å²) in [6.45, 7) is 5.39. The first-order valence-electron chi connectivity index (χ1n) is 9.06. The number of morpholine rings is 1. The zero-order valence-corrected chi connectivity index (χ0v) is 15.8. The van der Waals surface area contributed by atoms with Gasteiger partial charge < -0.3 is 14.4 Å². The normalized spacial score (nSPS) is 22.4. The summed E-state index contributed by atoms with van der Waals surface area (Å²) in [5.74, 6) is 3.25. The lowest BCUT2D eigenvalue weighted by Crippen LogP contribution is -2.50. The van der Waals surface area contributed by atoms with E-state index in [1.807, 2.05) is 36.0 Å². The molecule has 1 unspecified atom stereocenters. The molecule has 0 bridgehead atoms. The monoisotopic (exact) mass is 364 g/mol. The van der Waals surface area contributed by atoms with Gasteiger partial charge >= 0.3 is 0 Å². The third kappa shape index (κ3) is 5.36. The highest BCUT2D eigenvalue weighted by Gasteiger charge is 2.28. The van der Waals surface area contributed by atoms with E-state index in [2.05, 4.69) is 9.80 Å². The Morgan fingerprint density at radius 2 is 2.00 bits per heavy atom. The highest BCUT2D eigenvalue weighted by Crippen LogP contribution is 2.20. The summed E-state index contributed by atoms with van der Waals surface area (Å²) < 4.78 is 10.6. The molecule has 0 N–H and O–H groups in total. The van der Waals surface area contributed by atoms with E-state index in [-0.39, 0.29) is 5.91 Å². The third-order valence-corrected chi connectivity index (χ3v) is 6.04. The minimum absolute atomic E-state index is 0.242. The molecular weight excluding hydrogens is 336 g/mol. The van der Waals surface area contributed by atoms with Crippen LogP contribution in [-0.4, -0.2) is 79.8 Å². The quantitative estimate of drug-likeness (QED) is 0.798. The van der Waals surface area contributed by atoms with Crippen LogP contribution in [0.4, 0.5) is 0 Å². The van der Waals surface area contributed by atoms with Gasteiger partial charge in [0.15, 0.2) is 0 Å². The van der Waals surface area contributed by atoms with Crippen molar-refractivity contribution < 1.29 is 14.3 Å². The smallest absolute Gasteiger partial charge is 0.227 e. The summed E-state index contributed by atoms with van der Waals surface area (Å²) in [7, 11) is 1.66. The Balaban J connectivity index is 1.63. The van der Waals surface area contributed by atoms with Crippen LogP contribution < -0.4 is 4.74 Å². The van der Waals surface area contributed by atoms with Crippen LogP contribution >= 0.6 is 11.8 Å². The van der Waals surface area contributed by atoms with Gasteiger partial charge in [-0.2, -0.15) is 11.8 Å². The summed E-state index contributed by atoms with van der Waals surface area (Å²) in [5.41, 5.74) is 1.05. The second kappa shape index (κ2) is 9.46. The first-order chi connectivity index (χ1) is 12.3. The van der Waals surface area contributed by atoms with E-state index in [1.165, 1.54) is 0 Å². The van der Waals surface area contributed by atoms with E-state index in [9.17, 15) is 4.79 Å². The maximum Gasteiger partial charge on any atom is 0.227 e. The van der Waals surface area contributed by atoms with Crippen molar-refractivity contribution in [1.29, 1.82) is 0 Å². The lowest BCUT2D eigenvalue weighted by atomic mass is 10.1. The Bertz CT molecular complexity index is 546. The van der Waals surface area contributed by atoms with Crippen molar-refractivity contribution >= 4 is 17.7 Å².